The zero-order valence-electron chi connectivity index (χ0n) is 38.0. The Bertz CT molecular complexity index is 2440. The first kappa shape index (κ1) is 44.6. The molecule has 0 amide bonds. The molecule has 8 nitrogen and oxygen atoms in total. The molecule has 0 radical (unpaired) electrons. The highest BCUT2D eigenvalue weighted by atomic mass is 16.5. The van der Waals surface area contributed by atoms with Crippen LogP contribution in [0, 0.1) is 0 Å². The number of aromatic amines is 2. The predicted octanol–water partition coefficient (Wildman–Crippen LogP) is 13.1. The molecular weight excluding hydrogens is 765 g/mol. The van der Waals surface area contributed by atoms with Crippen LogP contribution in [0.3, 0.4) is 0 Å². The zero-order valence-corrected chi connectivity index (χ0v) is 38.0. The summed E-state index contributed by atoms with van der Waals surface area (Å²) in [6, 6.07) is 29.6. The third-order valence-electron chi connectivity index (χ3n) is 12.0. The summed E-state index contributed by atoms with van der Waals surface area (Å²) < 4.78 is 13.8. The molecule has 8 bridgehead atoms. The number of nitrogens with one attached hydrogen (secondary N) is 2. The van der Waals surface area contributed by atoms with Gasteiger partial charge in [0.2, 0.25) is 0 Å². The quantitative estimate of drug-likeness (QED) is 0.0496. The average molecular weight is 834 g/mol. The number of H-pyrrole nitrogens is 2. The molecule has 62 heavy (non-hydrogen) atoms. The van der Waals surface area contributed by atoms with E-state index in [-0.39, 0.29) is 0 Å². The van der Waals surface area contributed by atoms with Gasteiger partial charge in [-0.05, 0) is 105 Å². The van der Waals surface area contributed by atoms with Gasteiger partial charge >= 0.3 is 0 Å². The molecule has 0 saturated heterocycles. The maximum absolute atomic E-state index is 6.58. The van der Waals surface area contributed by atoms with Gasteiger partial charge in [0.25, 0.3) is 0 Å². The minimum Gasteiger partial charge on any atom is -0.494 e. The van der Waals surface area contributed by atoms with Crippen LogP contribution in [0.4, 0.5) is 0 Å². The van der Waals surface area contributed by atoms with E-state index in [1.807, 2.05) is 0 Å². The van der Waals surface area contributed by atoms with E-state index in [9.17, 15) is 0 Å². The summed E-state index contributed by atoms with van der Waals surface area (Å²) in [6.07, 6.45) is 23.7. The average Bonchev–Trinajstić information content (AvgIpc) is 4.10. The highest BCUT2D eigenvalue weighted by Gasteiger charge is 2.18. The number of unbranched alkanes of at least 4 members (excludes halogenated alkanes) is 9. The lowest BCUT2D eigenvalue weighted by molar-refractivity contribution is -0.890. The number of rotatable bonds is 23. The Hall–Kier alpha value is -5.44. The Labute approximate surface area is 370 Å². The van der Waals surface area contributed by atoms with Crippen molar-refractivity contribution < 1.29 is 14.0 Å². The van der Waals surface area contributed by atoms with Crippen molar-refractivity contribution in [2.75, 3.05) is 61.0 Å². The molecule has 326 valence electrons. The first-order chi connectivity index (χ1) is 30.2. The van der Waals surface area contributed by atoms with E-state index in [1.165, 1.54) is 64.2 Å². The van der Waals surface area contributed by atoms with Gasteiger partial charge in [0.1, 0.15) is 11.5 Å². The number of nitrogens with zero attached hydrogens (tertiary/aromatic N) is 4. The van der Waals surface area contributed by atoms with Crippen LogP contribution in [0.5, 0.6) is 11.5 Å². The molecule has 5 aromatic rings. The molecule has 0 unspecified atom stereocenters. The Morgan fingerprint density at radius 3 is 1.77 bits per heavy atom. The van der Waals surface area contributed by atoms with Crippen LogP contribution in [0.15, 0.2) is 84.9 Å². The topological polar surface area (TPSA) is 79.1 Å². The lowest BCUT2D eigenvalue weighted by atomic mass is 10.0. The number of hydrogen-bond donors (Lipinski definition) is 2. The molecular formula is C54H69N6O2+. The van der Waals surface area contributed by atoms with Crippen molar-refractivity contribution in [3.63, 3.8) is 0 Å². The summed E-state index contributed by atoms with van der Waals surface area (Å²) in [5.41, 5.74) is 11.6. The normalized spacial score (nSPS) is 12.4. The maximum atomic E-state index is 6.58. The largest absolute Gasteiger partial charge is 0.494 e. The van der Waals surface area contributed by atoms with Gasteiger partial charge in [-0.3, -0.25) is 0 Å². The summed E-state index contributed by atoms with van der Waals surface area (Å²) in [6.45, 7) is 6.99. The molecule has 2 N–H and O–H groups in total. The molecule has 0 atom stereocenters. The third-order valence-corrected chi connectivity index (χ3v) is 12.0. The maximum Gasteiger partial charge on any atom is 0.127 e. The molecule has 8 heteroatoms. The van der Waals surface area contributed by atoms with Crippen LogP contribution < -0.4 is 9.47 Å². The molecule has 3 aromatic heterocycles. The van der Waals surface area contributed by atoms with Gasteiger partial charge in [-0.25, -0.2) is 9.97 Å². The number of para-hydroxylation sites is 1. The number of quaternary nitrogens is 1. The van der Waals surface area contributed by atoms with Crippen LogP contribution in [-0.2, 0) is 0 Å². The van der Waals surface area contributed by atoms with Crippen LogP contribution in [0.1, 0.15) is 107 Å². The predicted molar refractivity (Wildman–Crippen MR) is 262 cm³/mol. The summed E-state index contributed by atoms with van der Waals surface area (Å²) in [5, 5.41) is 0. The number of ether oxygens (including phenoxy) is 2. The Morgan fingerprint density at radius 2 is 1.13 bits per heavy atom. The Morgan fingerprint density at radius 1 is 0.565 bits per heavy atom. The third kappa shape index (κ3) is 12.6. The summed E-state index contributed by atoms with van der Waals surface area (Å²) in [7, 11) is 8.92. The highest BCUT2D eigenvalue weighted by Crippen LogP contribution is 2.37. The molecule has 0 spiro atoms. The smallest absolute Gasteiger partial charge is 0.127 e. The van der Waals surface area contributed by atoms with Gasteiger partial charge < -0.3 is 28.8 Å². The minimum atomic E-state index is 0.646. The van der Waals surface area contributed by atoms with E-state index in [4.69, 9.17) is 19.4 Å². The molecule has 0 saturated carbocycles. The second-order valence-electron chi connectivity index (χ2n) is 18.0. The zero-order chi connectivity index (χ0) is 43.2. The molecule has 2 aliphatic heterocycles. The SMILES string of the molecule is CCCCCCCCCCCCOc1ccc(-c2c3nc(cc4ccc([nH]4)c(-c4ccccc4OCCC[N+](C)(C)CCCN(C)C)c4nc(cc5ccc2[nH]5)C=C4)C=C3)cc1. The first-order valence-corrected chi connectivity index (χ1v) is 23.3. The van der Waals surface area contributed by atoms with E-state index >= 15 is 0 Å². The second kappa shape index (κ2) is 22.1. The molecule has 0 aliphatic carbocycles. The summed E-state index contributed by atoms with van der Waals surface area (Å²) >= 11 is 0. The van der Waals surface area contributed by atoms with E-state index in [0.29, 0.717) is 6.61 Å². The van der Waals surface area contributed by atoms with Gasteiger partial charge in [-0.15, -0.1) is 0 Å². The second-order valence-corrected chi connectivity index (χ2v) is 18.0. The van der Waals surface area contributed by atoms with E-state index in [1.54, 1.807) is 0 Å². The fourth-order valence-electron chi connectivity index (χ4n) is 8.56. The first-order valence-electron chi connectivity index (χ1n) is 23.3. The van der Waals surface area contributed by atoms with E-state index in [0.717, 1.165) is 122 Å². The lowest BCUT2D eigenvalue weighted by Crippen LogP contribution is -2.42. The lowest BCUT2D eigenvalue weighted by Gasteiger charge is -2.30. The van der Waals surface area contributed by atoms with Crippen LogP contribution in [0.2, 0.25) is 0 Å². The summed E-state index contributed by atoms with van der Waals surface area (Å²) in [4.78, 5) is 20.0. The van der Waals surface area contributed by atoms with Crippen molar-refractivity contribution in [2.24, 2.45) is 0 Å². The van der Waals surface area contributed by atoms with Crippen molar-refractivity contribution in [2.45, 2.75) is 84.0 Å². The van der Waals surface area contributed by atoms with Crippen molar-refractivity contribution in [1.29, 1.82) is 0 Å². The van der Waals surface area contributed by atoms with Gasteiger partial charge in [-0.2, -0.15) is 0 Å². The summed E-state index contributed by atoms with van der Waals surface area (Å²) in [5.74, 6) is 1.76. The van der Waals surface area contributed by atoms with Gasteiger partial charge in [0, 0.05) is 58.1 Å². The Balaban J connectivity index is 1.12. The number of hydrogen-bond acceptors (Lipinski definition) is 5. The fourth-order valence-corrected chi connectivity index (χ4v) is 8.56. The molecule has 2 aliphatic rings. The van der Waals surface area contributed by atoms with Crippen molar-refractivity contribution in [1.82, 2.24) is 24.8 Å². The van der Waals surface area contributed by atoms with Crippen LogP contribution in [0.25, 0.3) is 68.6 Å². The van der Waals surface area contributed by atoms with Crippen LogP contribution in [-0.4, -0.2) is 90.4 Å². The number of benzene rings is 2. The number of aromatic nitrogens is 4. The standard InChI is InChI=1S/C54H69N6O2/c1-6-7-8-9-10-11-12-13-14-17-37-61-46-28-22-41(23-29-46)53-48-30-24-42(55-48)39-44-26-32-50(57-44)54(51-33-27-45(58-51)40-43-25-31-49(53)56-43)47-20-15-16-21-52(47)62-38-19-36-60(4,5)35-18-34-59(2)3/h15-16,20-33,39-40,55,58H,6-14,17-19,34-38H2,1-5H3/q+1. The molecule has 7 rings (SSSR count). The molecule has 5 heterocycles. The monoisotopic (exact) mass is 834 g/mol. The van der Waals surface area contributed by atoms with Crippen molar-refractivity contribution in [3.05, 3.63) is 108 Å². The van der Waals surface area contributed by atoms with Crippen molar-refractivity contribution >= 4 is 46.4 Å². The highest BCUT2D eigenvalue weighted by molar-refractivity contribution is 5.94. The van der Waals surface area contributed by atoms with Crippen LogP contribution >= 0.6 is 0 Å². The molecule has 2 aromatic carbocycles. The number of fused-ring (bicyclic) bond motifs is 8. The van der Waals surface area contributed by atoms with Gasteiger partial charge in [-0.1, -0.05) is 95.0 Å². The van der Waals surface area contributed by atoms with Gasteiger partial charge in [0.15, 0.2) is 0 Å². The Kier molecular flexibility index (Phi) is 15.9. The minimum absolute atomic E-state index is 0.646. The van der Waals surface area contributed by atoms with E-state index in [2.05, 4.69) is 159 Å². The molecule has 0 fully saturated rings. The van der Waals surface area contributed by atoms with E-state index < -0.39 is 0 Å². The fraction of sp³-hybridized carbons (Fsp3) is 0.407. The van der Waals surface area contributed by atoms with Gasteiger partial charge in [0.05, 0.1) is 63.2 Å². The van der Waals surface area contributed by atoms with Crippen molar-refractivity contribution in [3.8, 4) is 33.8 Å².